The summed E-state index contributed by atoms with van der Waals surface area (Å²) in [5.41, 5.74) is 1.70. The van der Waals surface area contributed by atoms with Gasteiger partial charge in [0.25, 0.3) is 17.7 Å². The van der Waals surface area contributed by atoms with Crippen LogP contribution >= 0.6 is 11.3 Å². The van der Waals surface area contributed by atoms with Crippen LogP contribution < -0.4 is 5.32 Å². The number of hydrogen-bond acceptors (Lipinski definition) is 8. The second-order valence-electron chi connectivity index (χ2n) is 8.63. The molecule has 2 aliphatic rings. The fourth-order valence-corrected chi connectivity index (χ4v) is 5.76. The quantitative estimate of drug-likeness (QED) is 0.460. The van der Waals surface area contributed by atoms with Gasteiger partial charge in [-0.15, -0.1) is 11.3 Å². The lowest BCUT2D eigenvalue weighted by Gasteiger charge is -2.20. The van der Waals surface area contributed by atoms with Crippen LogP contribution in [0.4, 0.5) is 5.00 Å². The second-order valence-corrected chi connectivity index (χ2v) is 9.74. The number of amides is 3. The van der Waals surface area contributed by atoms with Gasteiger partial charge >= 0.3 is 11.9 Å². The third kappa shape index (κ3) is 4.70. The number of anilines is 1. The molecular weight excluding hydrogens is 472 g/mol. The van der Waals surface area contributed by atoms with Crippen LogP contribution in [0.15, 0.2) is 24.3 Å². The number of nitrogens with zero attached hydrogens (tertiary/aromatic N) is 1. The molecule has 0 saturated carbocycles. The molecule has 0 fully saturated rings. The number of nitrogens with one attached hydrogen (secondary N) is 1. The summed E-state index contributed by atoms with van der Waals surface area (Å²) in [5, 5.41) is 3.04. The van der Waals surface area contributed by atoms with E-state index in [0.29, 0.717) is 16.5 Å². The molecule has 4 rings (SSSR count). The first-order valence-electron chi connectivity index (χ1n) is 11.5. The zero-order valence-electron chi connectivity index (χ0n) is 19.7. The molecule has 0 saturated heterocycles. The van der Waals surface area contributed by atoms with E-state index in [0.717, 1.165) is 34.6 Å². The van der Waals surface area contributed by atoms with E-state index >= 15 is 0 Å². The largest absolute Gasteiger partial charge is 0.462 e. The molecule has 184 valence electrons. The summed E-state index contributed by atoms with van der Waals surface area (Å²) in [7, 11) is 0. The van der Waals surface area contributed by atoms with Crippen molar-refractivity contribution in [3.05, 3.63) is 51.4 Å². The molecule has 0 unspecified atom stereocenters. The van der Waals surface area contributed by atoms with Crippen LogP contribution in [0.3, 0.4) is 0 Å². The fourth-order valence-electron chi connectivity index (χ4n) is 4.34. The molecule has 35 heavy (non-hydrogen) atoms. The van der Waals surface area contributed by atoms with Crippen molar-refractivity contribution in [2.45, 2.75) is 46.1 Å². The molecule has 3 amide bonds. The Morgan fingerprint density at radius 1 is 1.14 bits per heavy atom. The highest BCUT2D eigenvalue weighted by atomic mass is 32.1. The maximum atomic E-state index is 12.6. The Morgan fingerprint density at radius 2 is 1.80 bits per heavy atom. The first kappa shape index (κ1) is 24.6. The number of carbonyl (C=O) groups excluding carboxylic acids is 5. The summed E-state index contributed by atoms with van der Waals surface area (Å²) >= 11 is 1.33. The molecule has 10 heteroatoms. The minimum absolute atomic E-state index is 0.209. The number of thiophene rings is 1. The number of carbonyl (C=O) groups is 5. The summed E-state index contributed by atoms with van der Waals surface area (Å²) in [6.45, 7) is 4.80. The average molecular weight is 499 g/mol. The summed E-state index contributed by atoms with van der Waals surface area (Å²) in [5.74, 6) is -2.71. The minimum atomic E-state index is -1.21. The molecule has 1 aromatic carbocycles. The average Bonchev–Trinajstić information content (AvgIpc) is 3.31. The van der Waals surface area contributed by atoms with Crippen molar-refractivity contribution in [1.29, 1.82) is 0 Å². The number of rotatable bonds is 7. The highest BCUT2D eigenvalue weighted by molar-refractivity contribution is 7.17. The van der Waals surface area contributed by atoms with Crippen LogP contribution in [0.25, 0.3) is 0 Å². The van der Waals surface area contributed by atoms with Crippen LogP contribution in [0.5, 0.6) is 0 Å². The Labute approximate surface area is 206 Å². The summed E-state index contributed by atoms with van der Waals surface area (Å²) in [4.78, 5) is 64.8. The van der Waals surface area contributed by atoms with Gasteiger partial charge in [0.2, 0.25) is 0 Å². The van der Waals surface area contributed by atoms with Gasteiger partial charge in [0.05, 0.1) is 23.3 Å². The van der Waals surface area contributed by atoms with Gasteiger partial charge in [0.1, 0.15) is 11.0 Å². The zero-order chi connectivity index (χ0) is 25.3. The lowest BCUT2D eigenvalue weighted by atomic mass is 9.88. The van der Waals surface area contributed by atoms with Crippen LogP contribution in [0.2, 0.25) is 0 Å². The first-order valence-corrected chi connectivity index (χ1v) is 12.3. The molecule has 0 radical (unpaired) electrons. The Morgan fingerprint density at radius 3 is 2.43 bits per heavy atom. The molecule has 9 nitrogen and oxygen atoms in total. The van der Waals surface area contributed by atoms with E-state index in [1.807, 2.05) is 0 Å². The van der Waals surface area contributed by atoms with Crippen molar-refractivity contribution >= 4 is 46.0 Å². The van der Waals surface area contributed by atoms with Crippen molar-refractivity contribution in [1.82, 2.24) is 4.90 Å². The van der Waals surface area contributed by atoms with Gasteiger partial charge in [-0.2, -0.15) is 0 Å². The van der Waals surface area contributed by atoms with E-state index in [1.54, 1.807) is 19.1 Å². The van der Waals surface area contributed by atoms with Gasteiger partial charge in [0.15, 0.2) is 6.61 Å². The molecule has 0 spiro atoms. The zero-order valence-corrected chi connectivity index (χ0v) is 20.5. The van der Waals surface area contributed by atoms with E-state index in [9.17, 15) is 24.0 Å². The number of esters is 2. The molecule has 1 aliphatic heterocycles. The Bertz CT molecular complexity index is 1180. The second kappa shape index (κ2) is 9.99. The molecule has 1 aliphatic carbocycles. The van der Waals surface area contributed by atoms with Gasteiger partial charge < -0.3 is 14.8 Å². The van der Waals surface area contributed by atoms with Crippen LogP contribution in [-0.4, -0.2) is 53.8 Å². The maximum Gasteiger partial charge on any atom is 0.341 e. The molecular formula is C25H26N2O7S. The predicted octanol–water partition coefficient (Wildman–Crippen LogP) is 3.22. The molecule has 1 aromatic heterocycles. The maximum absolute atomic E-state index is 12.6. The van der Waals surface area contributed by atoms with E-state index in [2.05, 4.69) is 12.2 Å². The Kier molecular flexibility index (Phi) is 7.02. The highest BCUT2D eigenvalue weighted by Gasteiger charge is 2.41. The van der Waals surface area contributed by atoms with Crippen molar-refractivity contribution in [3.8, 4) is 0 Å². The number of ether oxygens (including phenoxy) is 2. The predicted molar refractivity (Wildman–Crippen MR) is 127 cm³/mol. The number of benzene rings is 1. The lowest BCUT2D eigenvalue weighted by molar-refractivity contribution is -0.150. The lowest BCUT2D eigenvalue weighted by Crippen LogP contribution is -2.44. The molecule has 2 atom stereocenters. The van der Waals surface area contributed by atoms with Gasteiger partial charge in [0, 0.05) is 4.88 Å². The first-order chi connectivity index (χ1) is 16.7. The number of fused-ring (bicyclic) bond motifs is 2. The van der Waals surface area contributed by atoms with Gasteiger partial charge in [-0.1, -0.05) is 19.1 Å². The summed E-state index contributed by atoms with van der Waals surface area (Å²) in [6, 6.07) is 5.09. The smallest absolute Gasteiger partial charge is 0.341 e. The summed E-state index contributed by atoms with van der Waals surface area (Å²) in [6.07, 6.45) is 2.48. The normalized spacial score (nSPS) is 17.5. The third-order valence-corrected chi connectivity index (χ3v) is 7.31. The van der Waals surface area contributed by atoms with Crippen LogP contribution in [0.1, 0.15) is 68.7 Å². The van der Waals surface area contributed by atoms with Crippen LogP contribution in [0, 0.1) is 5.92 Å². The Hall–Kier alpha value is -3.53. The topological polar surface area (TPSA) is 119 Å². The summed E-state index contributed by atoms with van der Waals surface area (Å²) < 4.78 is 10.3. The van der Waals surface area contributed by atoms with E-state index in [1.165, 1.54) is 30.4 Å². The molecule has 2 aromatic rings. The molecule has 1 N–H and O–H groups in total. The van der Waals surface area contributed by atoms with Gasteiger partial charge in [-0.05, 0) is 56.7 Å². The van der Waals surface area contributed by atoms with E-state index in [4.69, 9.17) is 9.47 Å². The SMILES string of the molecule is CCOC(=O)c1c(NC(=O)COC(=O)[C@H](C)N2C(=O)c3ccccc3C2=O)sc2c1CC[C@@H](C)C2. The monoisotopic (exact) mass is 498 g/mol. The minimum Gasteiger partial charge on any atom is -0.462 e. The van der Waals surface area contributed by atoms with Crippen molar-refractivity contribution < 1.29 is 33.4 Å². The van der Waals surface area contributed by atoms with E-state index in [-0.39, 0.29) is 17.7 Å². The van der Waals surface area contributed by atoms with Gasteiger partial charge in [-0.25, -0.2) is 9.59 Å². The fraction of sp³-hybridized carbons (Fsp3) is 0.400. The van der Waals surface area contributed by atoms with Crippen molar-refractivity contribution in [2.24, 2.45) is 5.92 Å². The van der Waals surface area contributed by atoms with E-state index < -0.39 is 42.3 Å². The number of imide groups is 1. The van der Waals surface area contributed by atoms with Gasteiger partial charge in [-0.3, -0.25) is 19.3 Å². The standard InChI is InChI=1S/C25H26N2O7S/c1-4-33-25(32)20-17-10-9-13(2)11-18(17)35-21(20)26-19(28)12-34-24(31)14(3)27-22(29)15-7-5-6-8-16(15)23(27)30/h5-8,13-14H,4,9-12H2,1-3H3,(H,26,28)/t13-,14+/m1/s1. The number of hydrogen-bond donors (Lipinski definition) is 1. The Balaban J connectivity index is 1.42. The van der Waals surface area contributed by atoms with Crippen molar-refractivity contribution in [2.75, 3.05) is 18.5 Å². The molecule has 2 heterocycles. The third-order valence-electron chi connectivity index (χ3n) is 6.14. The molecule has 0 bridgehead atoms. The highest BCUT2D eigenvalue weighted by Crippen LogP contribution is 2.40. The van der Waals surface area contributed by atoms with Crippen LogP contribution in [-0.2, 0) is 31.9 Å². The van der Waals surface area contributed by atoms with Crippen molar-refractivity contribution in [3.63, 3.8) is 0 Å².